The average molecular weight is 310 g/mol. The van der Waals surface area contributed by atoms with Crippen LogP contribution in [-0.4, -0.2) is 12.6 Å². The SMILES string of the molecule is CCOc1ccc(NC(=O)NC2(c3ccc(C)cc3)CC2)cc1. The largest absolute Gasteiger partial charge is 0.494 e. The lowest BCUT2D eigenvalue weighted by Gasteiger charge is -2.19. The first-order chi connectivity index (χ1) is 11.1. The molecule has 4 heteroatoms. The predicted octanol–water partition coefficient (Wildman–Crippen LogP) is 4.20. The quantitative estimate of drug-likeness (QED) is 0.869. The number of rotatable bonds is 5. The fraction of sp³-hybridized carbons (Fsp3) is 0.316. The van der Waals surface area contributed by atoms with Crippen LogP contribution in [-0.2, 0) is 5.54 Å². The minimum Gasteiger partial charge on any atom is -0.494 e. The van der Waals surface area contributed by atoms with E-state index in [9.17, 15) is 4.79 Å². The Morgan fingerprint density at radius 2 is 1.74 bits per heavy atom. The summed E-state index contributed by atoms with van der Waals surface area (Å²) in [7, 11) is 0. The molecule has 0 aromatic heterocycles. The van der Waals surface area contributed by atoms with Crippen LogP contribution >= 0.6 is 0 Å². The maximum Gasteiger partial charge on any atom is 0.319 e. The lowest BCUT2D eigenvalue weighted by molar-refractivity contribution is 0.247. The Kier molecular flexibility index (Phi) is 4.24. The Hall–Kier alpha value is -2.49. The number of amides is 2. The van der Waals surface area contributed by atoms with Crippen molar-refractivity contribution in [3.05, 3.63) is 59.7 Å². The summed E-state index contributed by atoms with van der Waals surface area (Å²) in [6, 6.07) is 15.6. The van der Waals surface area contributed by atoms with Crippen molar-refractivity contribution in [2.24, 2.45) is 0 Å². The van der Waals surface area contributed by atoms with E-state index in [-0.39, 0.29) is 11.6 Å². The van der Waals surface area contributed by atoms with Gasteiger partial charge in [-0.25, -0.2) is 4.79 Å². The molecule has 1 aliphatic carbocycles. The third kappa shape index (κ3) is 3.65. The summed E-state index contributed by atoms with van der Waals surface area (Å²) in [4.78, 5) is 12.3. The summed E-state index contributed by atoms with van der Waals surface area (Å²) in [5, 5.41) is 5.99. The fourth-order valence-corrected chi connectivity index (χ4v) is 2.66. The Morgan fingerprint density at radius 1 is 1.09 bits per heavy atom. The molecular formula is C19H22N2O2. The van der Waals surface area contributed by atoms with E-state index >= 15 is 0 Å². The number of hydrogen-bond donors (Lipinski definition) is 2. The summed E-state index contributed by atoms with van der Waals surface area (Å²) in [6.07, 6.45) is 1.96. The molecule has 1 aliphatic rings. The summed E-state index contributed by atoms with van der Waals surface area (Å²) in [5.41, 5.74) is 2.95. The molecule has 2 N–H and O–H groups in total. The van der Waals surface area contributed by atoms with Crippen molar-refractivity contribution in [3.63, 3.8) is 0 Å². The molecule has 1 fully saturated rings. The van der Waals surface area contributed by atoms with Gasteiger partial charge in [0, 0.05) is 5.69 Å². The van der Waals surface area contributed by atoms with Crippen molar-refractivity contribution in [1.82, 2.24) is 5.32 Å². The Bertz CT molecular complexity index is 674. The summed E-state index contributed by atoms with van der Waals surface area (Å²) in [5.74, 6) is 0.803. The van der Waals surface area contributed by atoms with Crippen LogP contribution < -0.4 is 15.4 Å². The van der Waals surface area contributed by atoms with Crippen molar-refractivity contribution >= 4 is 11.7 Å². The zero-order chi connectivity index (χ0) is 16.3. The van der Waals surface area contributed by atoms with Gasteiger partial charge in [-0.1, -0.05) is 29.8 Å². The monoisotopic (exact) mass is 310 g/mol. The normalized spacial score (nSPS) is 14.9. The van der Waals surface area contributed by atoms with E-state index in [4.69, 9.17) is 4.74 Å². The van der Waals surface area contributed by atoms with Crippen LogP contribution in [0.2, 0.25) is 0 Å². The van der Waals surface area contributed by atoms with E-state index in [2.05, 4.69) is 41.8 Å². The molecule has 0 bridgehead atoms. The second kappa shape index (κ2) is 6.32. The van der Waals surface area contributed by atoms with Crippen molar-refractivity contribution in [2.75, 3.05) is 11.9 Å². The van der Waals surface area contributed by atoms with Gasteiger partial charge in [0.1, 0.15) is 5.75 Å². The number of ether oxygens (including phenoxy) is 1. The van der Waals surface area contributed by atoms with Crippen molar-refractivity contribution in [2.45, 2.75) is 32.2 Å². The second-order valence-electron chi connectivity index (χ2n) is 5.98. The highest BCUT2D eigenvalue weighted by molar-refractivity contribution is 5.90. The number of aryl methyl sites for hydroxylation is 1. The number of hydrogen-bond acceptors (Lipinski definition) is 2. The first-order valence-corrected chi connectivity index (χ1v) is 8.00. The molecule has 0 aliphatic heterocycles. The Morgan fingerprint density at radius 3 is 2.30 bits per heavy atom. The van der Waals surface area contributed by atoms with Gasteiger partial charge in [-0.3, -0.25) is 0 Å². The molecule has 0 unspecified atom stereocenters. The summed E-state index contributed by atoms with van der Waals surface area (Å²) < 4.78 is 5.40. The topological polar surface area (TPSA) is 50.4 Å². The van der Waals surface area contributed by atoms with E-state index < -0.39 is 0 Å². The molecule has 0 heterocycles. The molecule has 3 rings (SSSR count). The number of anilines is 1. The van der Waals surface area contributed by atoms with Crippen LogP contribution in [0.4, 0.5) is 10.5 Å². The van der Waals surface area contributed by atoms with Gasteiger partial charge in [0.25, 0.3) is 0 Å². The molecule has 1 saturated carbocycles. The van der Waals surface area contributed by atoms with Crippen LogP contribution in [0.15, 0.2) is 48.5 Å². The summed E-state index contributed by atoms with van der Waals surface area (Å²) >= 11 is 0. The molecule has 0 saturated heterocycles. The lowest BCUT2D eigenvalue weighted by atomic mass is 10.0. The first-order valence-electron chi connectivity index (χ1n) is 8.00. The molecule has 120 valence electrons. The molecule has 2 aromatic carbocycles. The number of benzene rings is 2. The third-order valence-electron chi connectivity index (χ3n) is 4.13. The van der Waals surface area contributed by atoms with Crippen LogP contribution in [0, 0.1) is 6.92 Å². The van der Waals surface area contributed by atoms with Crippen LogP contribution in [0.5, 0.6) is 5.75 Å². The zero-order valence-electron chi connectivity index (χ0n) is 13.6. The van der Waals surface area contributed by atoms with Gasteiger partial charge in [0.15, 0.2) is 0 Å². The average Bonchev–Trinajstić information content (AvgIpc) is 3.30. The number of nitrogens with one attached hydrogen (secondary N) is 2. The molecular weight excluding hydrogens is 288 g/mol. The molecule has 0 spiro atoms. The van der Waals surface area contributed by atoms with Crippen LogP contribution in [0.25, 0.3) is 0 Å². The van der Waals surface area contributed by atoms with Gasteiger partial charge >= 0.3 is 6.03 Å². The fourth-order valence-electron chi connectivity index (χ4n) is 2.66. The molecule has 2 aromatic rings. The molecule has 4 nitrogen and oxygen atoms in total. The van der Waals surface area contributed by atoms with Gasteiger partial charge in [-0.15, -0.1) is 0 Å². The smallest absolute Gasteiger partial charge is 0.319 e. The first kappa shape index (κ1) is 15.4. The molecule has 23 heavy (non-hydrogen) atoms. The van der Waals surface area contributed by atoms with Gasteiger partial charge in [0.2, 0.25) is 0 Å². The van der Waals surface area contributed by atoms with Gasteiger partial charge in [0.05, 0.1) is 12.1 Å². The maximum atomic E-state index is 12.3. The van der Waals surface area contributed by atoms with Gasteiger partial charge in [-0.2, -0.15) is 0 Å². The van der Waals surface area contributed by atoms with E-state index in [1.165, 1.54) is 11.1 Å². The van der Waals surface area contributed by atoms with E-state index in [1.807, 2.05) is 31.2 Å². The van der Waals surface area contributed by atoms with E-state index in [1.54, 1.807) is 0 Å². The highest BCUT2D eigenvalue weighted by Crippen LogP contribution is 2.45. The molecule has 0 radical (unpaired) electrons. The number of urea groups is 1. The Balaban J connectivity index is 1.61. The third-order valence-corrected chi connectivity index (χ3v) is 4.13. The lowest BCUT2D eigenvalue weighted by Crippen LogP contribution is -2.38. The van der Waals surface area contributed by atoms with Crippen molar-refractivity contribution in [1.29, 1.82) is 0 Å². The maximum absolute atomic E-state index is 12.3. The molecule has 2 amide bonds. The predicted molar refractivity (Wildman–Crippen MR) is 91.9 cm³/mol. The Labute approximate surface area is 136 Å². The number of carbonyl (C=O) groups is 1. The zero-order valence-corrected chi connectivity index (χ0v) is 13.6. The van der Waals surface area contributed by atoms with Crippen LogP contribution in [0.1, 0.15) is 30.9 Å². The number of carbonyl (C=O) groups excluding carboxylic acids is 1. The van der Waals surface area contributed by atoms with Crippen LogP contribution in [0.3, 0.4) is 0 Å². The highest BCUT2D eigenvalue weighted by Gasteiger charge is 2.45. The van der Waals surface area contributed by atoms with E-state index in [0.717, 1.165) is 24.3 Å². The minimum absolute atomic E-state index is 0.174. The molecule has 0 atom stereocenters. The van der Waals surface area contributed by atoms with Crippen molar-refractivity contribution < 1.29 is 9.53 Å². The standard InChI is InChI=1S/C19H22N2O2/c1-3-23-17-10-8-16(9-11-17)20-18(22)21-19(12-13-19)15-6-4-14(2)5-7-15/h4-11H,3,12-13H2,1-2H3,(H2,20,21,22). The highest BCUT2D eigenvalue weighted by atomic mass is 16.5. The van der Waals surface area contributed by atoms with Gasteiger partial charge in [-0.05, 0) is 56.5 Å². The minimum atomic E-state index is -0.205. The second-order valence-corrected chi connectivity index (χ2v) is 5.98. The van der Waals surface area contributed by atoms with Crippen molar-refractivity contribution in [3.8, 4) is 5.75 Å². The van der Waals surface area contributed by atoms with Gasteiger partial charge < -0.3 is 15.4 Å². The van der Waals surface area contributed by atoms with E-state index in [0.29, 0.717) is 6.61 Å². The summed E-state index contributed by atoms with van der Waals surface area (Å²) in [6.45, 7) is 4.64.